The highest BCUT2D eigenvalue weighted by molar-refractivity contribution is 8.00. The molecule has 0 radical (unpaired) electrons. The number of thioether (sulfide) groups is 1. The molecule has 0 aromatic heterocycles. The van der Waals surface area contributed by atoms with Crippen molar-refractivity contribution in [3.8, 4) is 0 Å². The number of rotatable bonds is 5. The van der Waals surface area contributed by atoms with E-state index in [-0.39, 0.29) is 17.2 Å². The van der Waals surface area contributed by atoms with Crippen LogP contribution in [0.4, 0.5) is 11.4 Å². The Morgan fingerprint density at radius 3 is 2.40 bits per heavy atom. The average Bonchev–Trinajstić information content (AvgIpc) is 3.16. The standard InChI is InChI=1S/C25H24N2O2S/c1-3-18-8-14-21(15-9-18)27-23(28)16-30-25(27)19-10-12-20(13-11-19)26-24(29)22-7-5-4-6-17(22)2/h4-15,25H,3,16H2,1-2H3,(H,26,29)/t25-/m1/s1. The van der Waals surface area contributed by atoms with Crippen LogP contribution in [0.15, 0.2) is 72.8 Å². The number of amides is 2. The Morgan fingerprint density at radius 2 is 1.73 bits per heavy atom. The van der Waals surface area contributed by atoms with Crippen LogP contribution in [-0.4, -0.2) is 17.6 Å². The maximum Gasteiger partial charge on any atom is 0.255 e. The van der Waals surface area contributed by atoms with Crippen molar-refractivity contribution >= 4 is 35.0 Å². The summed E-state index contributed by atoms with van der Waals surface area (Å²) >= 11 is 1.62. The smallest absolute Gasteiger partial charge is 0.255 e. The van der Waals surface area contributed by atoms with Crippen LogP contribution >= 0.6 is 11.8 Å². The molecule has 4 rings (SSSR count). The second kappa shape index (κ2) is 8.76. The Morgan fingerprint density at radius 1 is 1.03 bits per heavy atom. The number of hydrogen-bond acceptors (Lipinski definition) is 3. The van der Waals surface area contributed by atoms with E-state index in [1.807, 2.05) is 72.5 Å². The third kappa shape index (κ3) is 4.12. The lowest BCUT2D eigenvalue weighted by Gasteiger charge is -2.24. The summed E-state index contributed by atoms with van der Waals surface area (Å²) in [6, 6.07) is 23.5. The van der Waals surface area contributed by atoms with Gasteiger partial charge < -0.3 is 5.32 Å². The third-order valence-electron chi connectivity index (χ3n) is 5.33. The molecule has 1 heterocycles. The minimum absolute atomic E-state index is 0.0638. The lowest BCUT2D eigenvalue weighted by atomic mass is 10.1. The van der Waals surface area contributed by atoms with Gasteiger partial charge in [0.05, 0.1) is 5.75 Å². The van der Waals surface area contributed by atoms with Crippen molar-refractivity contribution in [3.63, 3.8) is 0 Å². The Balaban J connectivity index is 1.52. The third-order valence-corrected chi connectivity index (χ3v) is 6.55. The Labute approximate surface area is 181 Å². The van der Waals surface area contributed by atoms with Crippen molar-refractivity contribution in [2.45, 2.75) is 25.6 Å². The molecule has 0 spiro atoms. The second-order valence-corrected chi connectivity index (χ2v) is 8.41. The van der Waals surface area contributed by atoms with E-state index >= 15 is 0 Å². The number of benzene rings is 3. The van der Waals surface area contributed by atoms with Gasteiger partial charge in [-0.2, -0.15) is 0 Å². The van der Waals surface area contributed by atoms with Crippen molar-refractivity contribution in [2.75, 3.05) is 16.0 Å². The molecule has 4 nitrogen and oxygen atoms in total. The molecular formula is C25H24N2O2S. The number of anilines is 2. The summed E-state index contributed by atoms with van der Waals surface area (Å²) in [5.41, 5.74) is 5.56. The highest BCUT2D eigenvalue weighted by Gasteiger charge is 2.33. The molecule has 5 heteroatoms. The first kappa shape index (κ1) is 20.2. The fraction of sp³-hybridized carbons (Fsp3) is 0.200. The van der Waals surface area contributed by atoms with Gasteiger partial charge in [0, 0.05) is 16.9 Å². The Bertz CT molecular complexity index is 1060. The molecule has 1 aliphatic rings. The number of nitrogens with one attached hydrogen (secondary N) is 1. The van der Waals surface area contributed by atoms with E-state index in [2.05, 4.69) is 24.4 Å². The summed E-state index contributed by atoms with van der Waals surface area (Å²) in [7, 11) is 0. The fourth-order valence-corrected chi connectivity index (χ4v) is 4.78. The van der Waals surface area contributed by atoms with E-state index in [9.17, 15) is 9.59 Å². The molecule has 152 valence electrons. The van der Waals surface area contributed by atoms with Crippen molar-refractivity contribution < 1.29 is 9.59 Å². The van der Waals surface area contributed by atoms with Crippen LogP contribution in [0.1, 0.15) is 39.3 Å². The SMILES string of the molecule is CCc1ccc(N2C(=O)CS[C@@H]2c2ccc(NC(=O)c3ccccc3C)cc2)cc1. The van der Waals surface area contributed by atoms with E-state index in [0.717, 1.165) is 28.9 Å². The van der Waals surface area contributed by atoms with Crippen LogP contribution in [0, 0.1) is 6.92 Å². The zero-order valence-electron chi connectivity index (χ0n) is 17.1. The first-order valence-corrected chi connectivity index (χ1v) is 11.1. The second-order valence-electron chi connectivity index (χ2n) is 7.34. The van der Waals surface area contributed by atoms with Gasteiger partial charge in [-0.15, -0.1) is 11.8 Å². The van der Waals surface area contributed by atoms with Crippen molar-refractivity contribution in [3.05, 3.63) is 95.1 Å². The number of carbonyl (C=O) groups is 2. The van der Waals surface area contributed by atoms with Gasteiger partial charge in [0.15, 0.2) is 0 Å². The van der Waals surface area contributed by atoms with Crippen LogP contribution in [0.2, 0.25) is 0 Å². The summed E-state index contributed by atoms with van der Waals surface area (Å²) in [4.78, 5) is 27.0. The summed E-state index contributed by atoms with van der Waals surface area (Å²) in [6.07, 6.45) is 0.974. The Hall–Kier alpha value is -3.05. The van der Waals surface area contributed by atoms with E-state index in [0.29, 0.717) is 11.3 Å². The maximum absolute atomic E-state index is 12.6. The molecule has 1 atom stereocenters. The average molecular weight is 417 g/mol. The maximum atomic E-state index is 12.6. The van der Waals surface area contributed by atoms with Gasteiger partial charge in [0.2, 0.25) is 5.91 Å². The van der Waals surface area contributed by atoms with Crippen molar-refractivity contribution in [2.24, 2.45) is 0 Å². The normalized spacial score (nSPS) is 16.0. The van der Waals surface area contributed by atoms with Gasteiger partial charge in [-0.05, 0) is 60.4 Å². The lowest BCUT2D eigenvalue weighted by molar-refractivity contribution is -0.115. The van der Waals surface area contributed by atoms with Gasteiger partial charge in [0.1, 0.15) is 5.37 Å². The van der Waals surface area contributed by atoms with Gasteiger partial charge in [-0.25, -0.2) is 0 Å². The van der Waals surface area contributed by atoms with E-state index < -0.39 is 0 Å². The zero-order chi connectivity index (χ0) is 21.1. The molecule has 1 fully saturated rings. The molecule has 2 amide bonds. The summed E-state index contributed by atoms with van der Waals surface area (Å²) in [6.45, 7) is 4.04. The first-order valence-electron chi connectivity index (χ1n) is 10.1. The number of carbonyl (C=O) groups excluding carboxylic acids is 2. The minimum atomic E-state index is -0.121. The van der Waals surface area contributed by atoms with Crippen LogP contribution in [0.3, 0.4) is 0 Å². The van der Waals surface area contributed by atoms with E-state index in [1.165, 1.54) is 5.56 Å². The highest BCUT2D eigenvalue weighted by atomic mass is 32.2. The molecule has 1 saturated heterocycles. The van der Waals surface area contributed by atoms with E-state index in [1.54, 1.807) is 11.8 Å². The molecule has 1 aliphatic heterocycles. The molecule has 0 saturated carbocycles. The van der Waals surface area contributed by atoms with E-state index in [4.69, 9.17) is 0 Å². The van der Waals surface area contributed by atoms with Crippen LogP contribution in [0.5, 0.6) is 0 Å². The van der Waals surface area contributed by atoms with Gasteiger partial charge in [-0.1, -0.05) is 49.4 Å². The van der Waals surface area contributed by atoms with Gasteiger partial charge >= 0.3 is 0 Å². The van der Waals surface area contributed by atoms with Gasteiger partial charge in [0.25, 0.3) is 5.91 Å². The number of hydrogen-bond donors (Lipinski definition) is 1. The van der Waals surface area contributed by atoms with Crippen LogP contribution in [0.25, 0.3) is 0 Å². The molecule has 0 unspecified atom stereocenters. The van der Waals surface area contributed by atoms with Crippen LogP contribution in [-0.2, 0) is 11.2 Å². The molecule has 3 aromatic carbocycles. The number of aryl methyl sites for hydroxylation is 2. The quantitative estimate of drug-likeness (QED) is 0.590. The molecule has 0 bridgehead atoms. The molecule has 30 heavy (non-hydrogen) atoms. The van der Waals surface area contributed by atoms with Crippen molar-refractivity contribution in [1.29, 1.82) is 0 Å². The van der Waals surface area contributed by atoms with Crippen molar-refractivity contribution in [1.82, 2.24) is 0 Å². The lowest BCUT2D eigenvalue weighted by Crippen LogP contribution is -2.27. The van der Waals surface area contributed by atoms with Crippen LogP contribution < -0.4 is 10.2 Å². The molecule has 3 aromatic rings. The molecule has 1 N–H and O–H groups in total. The summed E-state index contributed by atoms with van der Waals surface area (Å²) in [5.74, 6) is 0.460. The molecule has 0 aliphatic carbocycles. The predicted octanol–water partition coefficient (Wildman–Crippen LogP) is 5.59. The monoisotopic (exact) mass is 416 g/mol. The summed E-state index contributed by atoms with van der Waals surface area (Å²) in [5, 5.41) is 2.89. The molecular weight excluding hydrogens is 392 g/mol. The number of nitrogens with zero attached hydrogens (tertiary/aromatic N) is 1. The first-order chi connectivity index (χ1) is 14.6. The fourth-order valence-electron chi connectivity index (χ4n) is 3.60. The zero-order valence-corrected chi connectivity index (χ0v) is 17.9. The summed E-state index contributed by atoms with van der Waals surface area (Å²) < 4.78 is 0. The predicted molar refractivity (Wildman–Crippen MR) is 124 cm³/mol. The Kier molecular flexibility index (Phi) is 5.91. The topological polar surface area (TPSA) is 49.4 Å². The minimum Gasteiger partial charge on any atom is -0.322 e. The highest BCUT2D eigenvalue weighted by Crippen LogP contribution is 2.42. The van der Waals surface area contributed by atoms with Gasteiger partial charge in [-0.3, -0.25) is 14.5 Å². The largest absolute Gasteiger partial charge is 0.322 e.